The molecule has 0 atom stereocenters. The van der Waals surface area contributed by atoms with Gasteiger partial charge in [-0.15, -0.1) is 0 Å². The Hall–Kier alpha value is -4.66. The van der Waals surface area contributed by atoms with Gasteiger partial charge in [-0.2, -0.15) is 0 Å². The fourth-order valence-corrected chi connectivity index (χ4v) is 4.12. The second-order valence-electron chi connectivity index (χ2n) is 8.50. The minimum Gasteiger partial charge on any atom is -0.497 e. The first-order valence-electron chi connectivity index (χ1n) is 11.5. The maximum Gasteiger partial charge on any atom is 0.204 e. The normalized spacial score (nSPS) is 11.1. The summed E-state index contributed by atoms with van der Waals surface area (Å²) in [5.74, 6) is -0.395. The summed E-state index contributed by atoms with van der Waals surface area (Å²) in [7, 11) is 3.12. The van der Waals surface area contributed by atoms with Gasteiger partial charge in [-0.3, -0.25) is 0 Å². The highest BCUT2D eigenvalue weighted by Crippen LogP contribution is 2.37. The van der Waals surface area contributed by atoms with Gasteiger partial charge in [-0.25, -0.2) is 18.7 Å². The zero-order chi connectivity index (χ0) is 26.1. The van der Waals surface area contributed by atoms with Crippen LogP contribution >= 0.6 is 0 Å². The van der Waals surface area contributed by atoms with Gasteiger partial charge in [0.15, 0.2) is 5.82 Å². The lowest BCUT2D eigenvalue weighted by Crippen LogP contribution is -2.01. The van der Waals surface area contributed by atoms with Crippen molar-refractivity contribution in [1.82, 2.24) is 14.5 Å². The minimum atomic E-state index is -0.785. The van der Waals surface area contributed by atoms with Crippen molar-refractivity contribution in [3.8, 4) is 28.8 Å². The Bertz CT molecular complexity index is 1580. The van der Waals surface area contributed by atoms with Crippen molar-refractivity contribution in [2.45, 2.75) is 13.5 Å². The number of aromatic hydroxyl groups is 1. The first kappa shape index (κ1) is 24.1. The Morgan fingerprint density at radius 1 is 0.946 bits per heavy atom. The van der Waals surface area contributed by atoms with Crippen LogP contribution in [0, 0.1) is 18.6 Å². The number of ether oxygens (including phenoxy) is 2. The molecule has 2 aromatic heterocycles. The Morgan fingerprint density at radius 3 is 2.35 bits per heavy atom. The molecule has 0 bridgehead atoms. The molecule has 0 aliphatic rings. The van der Waals surface area contributed by atoms with E-state index in [4.69, 9.17) is 9.47 Å². The van der Waals surface area contributed by atoms with E-state index in [-0.39, 0.29) is 29.6 Å². The van der Waals surface area contributed by atoms with Crippen LogP contribution in [-0.4, -0.2) is 33.9 Å². The number of hydrogen-bond donors (Lipinski definition) is 2. The van der Waals surface area contributed by atoms with Crippen LogP contribution in [0.25, 0.3) is 22.3 Å². The van der Waals surface area contributed by atoms with Gasteiger partial charge in [-0.1, -0.05) is 23.8 Å². The summed E-state index contributed by atoms with van der Waals surface area (Å²) in [5, 5.41) is 14.7. The summed E-state index contributed by atoms with van der Waals surface area (Å²) >= 11 is 0. The molecule has 37 heavy (non-hydrogen) atoms. The average molecular weight is 503 g/mol. The number of halogens is 2. The number of methoxy groups -OCH3 is 2. The van der Waals surface area contributed by atoms with Crippen LogP contribution in [0.1, 0.15) is 11.1 Å². The number of rotatable bonds is 7. The molecule has 3 aromatic carbocycles. The van der Waals surface area contributed by atoms with E-state index in [0.717, 1.165) is 23.3 Å². The van der Waals surface area contributed by atoms with Crippen molar-refractivity contribution in [2.24, 2.45) is 0 Å². The van der Waals surface area contributed by atoms with E-state index in [1.165, 1.54) is 6.07 Å². The molecular formula is C28H24F2N4O3. The molecule has 0 aliphatic heterocycles. The van der Waals surface area contributed by atoms with Crippen molar-refractivity contribution in [1.29, 1.82) is 0 Å². The van der Waals surface area contributed by atoms with Gasteiger partial charge in [0.2, 0.25) is 5.88 Å². The van der Waals surface area contributed by atoms with Gasteiger partial charge in [0.1, 0.15) is 34.3 Å². The summed E-state index contributed by atoms with van der Waals surface area (Å²) in [6, 6.07) is 16.5. The predicted molar refractivity (Wildman–Crippen MR) is 138 cm³/mol. The smallest absolute Gasteiger partial charge is 0.204 e. The van der Waals surface area contributed by atoms with Crippen molar-refractivity contribution in [2.75, 3.05) is 19.5 Å². The van der Waals surface area contributed by atoms with Gasteiger partial charge in [0.05, 0.1) is 31.8 Å². The van der Waals surface area contributed by atoms with Crippen molar-refractivity contribution >= 4 is 22.4 Å². The first-order chi connectivity index (χ1) is 17.9. The average Bonchev–Trinajstić information content (AvgIpc) is 3.20. The highest BCUT2D eigenvalue weighted by molar-refractivity contribution is 5.97. The largest absolute Gasteiger partial charge is 0.497 e. The molecule has 2 heterocycles. The molecule has 5 aromatic rings. The van der Waals surface area contributed by atoms with Gasteiger partial charge in [0.25, 0.3) is 0 Å². The standard InChI is InChI=1S/C28H24F2N4O3/c1-16-7-10-18(11-8-16)31-27-25-22(32-26(33-27)24-20(29)5-4-6-21(24)30)15-34(28(25)35)14-17-9-12-19(36-2)13-23(17)37-3/h4-13,15,35H,14H2,1-3H3,(H,31,32,33). The van der Waals surface area contributed by atoms with Crippen LogP contribution < -0.4 is 14.8 Å². The second-order valence-corrected chi connectivity index (χ2v) is 8.50. The van der Waals surface area contributed by atoms with Crippen molar-refractivity contribution in [3.63, 3.8) is 0 Å². The number of aryl methyl sites for hydroxylation is 1. The van der Waals surface area contributed by atoms with Gasteiger partial charge in [-0.05, 0) is 43.3 Å². The lowest BCUT2D eigenvalue weighted by atomic mass is 10.1. The number of aromatic nitrogens is 3. The summed E-state index contributed by atoms with van der Waals surface area (Å²) < 4.78 is 41.6. The van der Waals surface area contributed by atoms with Crippen LogP contribution in [-0.2, 0) is 6.54 Å². The van der Waals surface area contributed by atoms with E-state index in [9.17, 15) is 13.9 Å². The molecule has 0 amide bonds. The lowest BCUT2D eigenvalue weighted by Gasteiger charge is -2.12. The third kappa shape index (κ3) is 4.63. The summed E-state index contributed by atoms with van der Waals surface area (Å²) in [5.41, 5.74) is 2.50. The molecular weight excluding hydrogens is 478 g/mol. The summed E-state index contributed by atoms with van der Waals surface area (Å²) in [4.78, 5) is 8.84. The van der Waals surface area contributed by atoms with Crippen LogP contribution in [0.15, 0.2) is 66.9 Å². The second kappa shape index (κ2) is 9.77. The van der Waals surface area contributed by atoms with Crippen LogP contribution in [0.4, 0.5) is 20.3 Å². The SMILES string of the molecule is COc1ccc(Cn2cc3nc(-c4c(F)cccc4F)nc(Nc4ccc(C)cc4)c3c2O)c(OC)c1. The van der Waals surface area contributed by atoms with E-state index < -0.39 is 11.6 Å². The number of hydrogen-bond acceptors (Lipinski definition) is 6. The van der Waals surface area contributed by atoms with E-state index in [2.05, 4.69) is 15.3 Å². The fraction of sp³-hybridized carbons (Fsp3) is 0.143. The molecule has 2 N–H and O–H groups in total. The minimum absolute atomic E-state index is 0.108. The van der Waals surface area contributed by atoms with E-state index >= 15 is 0 Å². The maximum absolute atomic E-state index is 14.6. The molecule has 0 fully saturated rings. The molecule has 0 radical (unpaired) electrons. The fourth-order valence-electron chi connectivity index (χ4n) is 4.12. The molecule has 0 aliphatic carbocycles. The number of fused-ring (bicyclic) bond motifs is 1. The molecule has 0 saturated carbocycles. The number of anilines is 2. The number of nitrogens with zero attached hydrogens (tertiary/aromatic N) is 3. The summed E-state index contributed by atoms with van der Waals surface area (Å²) in [6.07, 6.45) is 1.61. The topological polar surface area (TPSA) is 81.4 Å². The molecule has 9 heteroatoms. The molecule has 188 valence electrons. The molecule has 0 saturated heterocycles. The van der Waals surface area contributed by atoms with Crippen LogP contribution in [0.5, 0.6) is 17.4 Å². The van der Waals surface area contributed by atoms with Crippen LogP contribution in [0.2, 0.25) is 0 Å². The third-order valence-corrected chi connectivity index (χ3v) is 6.05. The zero-order valence-corrected chi connectivity index (χ0v) is 20.4. The zero-order valence-electron chi connectivity index (χ0n) is 20.4. The lowest BCUT2D eigenvalue weighted by molar-refractivity contribution is 0.387. The van der Waals surface area contributed by atoms with Gasteiger partial charge < -0.3 is 24.5 Å². The van der Waals surface area contributed by atoms with Crippen molar-refractivity contribution in [3.05, 3.63) is 89.6 Å². The van der Waals surface area contributed by atoms with Gasteiger partial charge >= 0.3 is 0 Å². The summed E-state index contributed by atoms with van der Waals surface area (Å²) in [6.45, 7) is 2.20. The molecule has 7 nitrogen and oxygen atoms in total. The first-order valence-corrected chi connectivity index (χ1v) is 11.5. The highest BCUT2D eigenvalue weighted by atomic mass is 19.1. The number of nitrogens with one attached hydrogen (secondary N) is 1. The van der Waals surface area contributed by atoms with E-state index in [1.54, 1.807) is 37.1 Å². The predicted octanol–water partition coefficient (Wildman–Crippen LogP) is 6.20. The Labute approximate surface area is 212 Å². The Balaban J connectivity index is 1.66. The Morgan fingerprint density at radius 2 is 1.68 bits per heavy atom. The Kier molecular flexibility index (Phi) is 6.35. The molecule has 0 spiro atoms. The monoisotopic (exact) mass is 502 g/mol. The highest BCUT2D eigenvalue weighted by Gasteiger charge is 2.22. The van der Waals surface area contributed by atoms with Gasteiger partial charge in [0, 0.05) is 23.5 Å². The van der Waals surface area contributed by atoms with Crippen molar-refractivity contribution < 1.29 is 23.4 Å². The van der Waals surface area contributed by atoms with Crippen LogP contribution in [0.3, 0.4) is 0 Å². The third-order valence-electron chi connectivity index (χ3n) is 6.05. The quantitative estimate of drug-likeness (QED) is 0.276. The van der Waals surface area contributed by atoms with E-state index in [0.29, 0.717) is 28.1 Å². The maximum atomic E-state index is 14.6. The molecule has 0 unspecified atom stereocenters. The van der Waals surface area contributed by atoms with E-state index in [1.807, 2.05) is 37.3 Å². The number of benzene rings is 3. The molecule has 5 rings (SSSR count).